The molecule has 3 rings (SSSR count). The number of nitrogens with zero attached hydrogens (tertiary/aromatic N) is 3. The predicted octanol–water partition coefficient (Wildman–Crippen LogP) is 2.27. The molecule has 7 nitrogen and oxygen atoms in total. The summed E-state index contributed by atoms with van der Waals surface area (Å²) in [6.07, 6.45) is 9.58. The highest BCUT2D eigenvalue weighted by Gasteiger charge is 2.32. The van der Waals surface area contributed by atoms with E-state index in [1.54, 1.807) is 37.0 Å². The van der Waals surface area contributed by atoms with E-state index in [0.29, 0.717) is 21.5 Å². The minimum atomic E-state index is -0.190. The molecule has 136 valence electrons. The smallest absolute Gasteiger partial charge is 0.266 e. The minimum absolute atomic E-state index is 0.0975. The van der Waals surface area contributed by atoms with Crippen LogP contribution in [-0.4, -0.2) is 43.7 Å². The number of nitrogens with one attached hydrogen (secondary N) is 1. The molecule has 2 aromatic heterocycles. The van der Waals surface area contributed by atoms with Crippen molar-refractivity contribution < 1.29 is 14.0 Å². The van der Waals surface area contributed by atoms with Gasteiger partial charge in [0.1, 0.15) is 10.1 Å². The summed E-state index contributed by atoms with van der Waals surface area (Å²) >= 11 is 6.47. The van der Waals surface area contributed by atoms with E-state index in [9.17, 15) is 9.59 Å². The molecule has 0 saturated carbocycles. The molecule has 0 spiro atoms. The lowest BCUT2D eigenvalue weighted by atomic mass is 10.3. The van der Waals surface area contributed by atoms with Gasteiger partial charge < -0.3 is 14.3 Å². The van der Waals surface area contributed by atoms with Gasteiger partial charge in [-0.2, -0.15) is 0 Å². The van der Waals surface area contributed by atoms with Crippen LogP contribution in [0.25, 0.3) is 6.08 Å². The van der Waals surface area contributed by atoms with Crippen molar-refractivity contribution >= 4 is 46.2 Å². The Bertz CT molecular complexity index is 800. The molecule has 0 unspecified atom stereocenters. The number of hydrogen-bond acceptors (Lipinski definition) is 6. The third kappa shape index (κ3) is 4.83. The lowest BCUT2D eigenvalue weighted by Gasteiger charge is -2.14. The first kappa shape index (κ1) is 18.4. The molecule has 1 fully saturated rings. The Kier molecular flexibility index (Phi) is 6.24. The molecular weight excluding hydrogens is 372 g/mol. The van der Waals surface area contributed by atoms with E-state index >= 15 is 0 Å². The van der Waals surface area contributed by atoms with Gasteiger partial charge in [0.15, 0.2) is 0 Å². The largest absolute Gasteiger partial charge is 0.465 e. The Labute approximate surface area is 160 Å². The molecule has 0 bridgehead atoms. The molecule has 2 aromatic rings. The number of thioether (sulfide) groups is 1. The fourth-order valence-corrected chi connectivity index (χ4v) is 3.69. The van der Waals surface area contributed by atoms with Crippen molar-refractivity contribution in [2.45, 2.75) is 19.4 Å². The molecule has 1 saturated heterocycles. The van der Waals surface area contributed by atoms with Gasteiger partial charge in [-0.1, -0.05) is 24.0 Å². The third-order valence-corrected chi connectivity index (χ3v) is 5.10. The molecule has 2 amide bonds. The van der Waals surface area contributed by atoms with E-state index in [4.69, 9.17) is 16.6 Å². The summed E-state index contributed by atoms with van der Waals surface area (Å²) in [4.78, 5) is 30.3. The Morgan fingerprint density at radius 2 is 2.31 bits per heavy atom. The van der Waals surface area contributed by atoms with Crippen LogP contribution in [0.1, 0.15) is 18.6 Å². The molecule has 1 N–H and O–H groups in total. The zero-order chi connectivity index (χ0) is 18.4. The van der Waals surface area contributed by atoms with Crippen molar-refractivity contribution in [3.05, 3.63) is 47.8 Å². The van der Waals surface area contributed by atoms with Crippen LogP contribution < -0.4 is 5.32 Å². The third-order valence-electron chi connectivity index (χ3n) is 3.73. The standard InChI is InChI=1S/C17H18N4O3S2/c22-15(19-5-2-7-20-9-6-18-12-20)4-8-21-16(23)14(26-17(21)25)11-13-3-1-10-24-13/h1,3,6,9-12H,2,4-5,7-8H2,(H,19,22)/b14-11+. The normalized spacial score (nSPS) is 15.8. The van der Waals surface area contributed by atoms with Gasteiger partial charge in [0.05, 0.1) is 17.5 Å². The number of carbonyl (C=O) groups is 2. The second-order valence-corrected chi connectivity index (χ2v) is 7.28. The Morgan fingerprint density at radius 3 is 3.04 bits per heavy atom. The van der Waals surface area contributed by atoms with Gasteiger partial charge in [0.2, 0.25) is 5.91 Å². The highest BCUT2D eigenvalue weighted by Crippen LogP contribution is 2.32. The number of hydrogen-bond donors (Lipinski definition) is 1. The molecule has 1 aliphatic heterocycles. The van der Waals surface area contributed by atoms with Crippen molar-refractivity contribution in [3.63, 3.8) is 0 Å². The van der Waals surface area contributed by atoms with Gasteiger partial charge in [0.25, 0.3) is 5.91 Å². The monoisotopic (exact) mass is 390 g/mol. The maximum Gasteiger partial charge on any atom is 0.266 e. The van der Waals surface area contributed by atoms with Crippen LogP contribution in [0.2, 0.25) is 0 Å². The van der Waals surface area contributed by atoms with Crippen LogP contribution >= 0.6 is 24.0 Å². The van der Waals surface area contributed by atoms with Crippen molar-refractivity contribution in [1.82, 2.24) is 19.8 Å². The SMILES string of the molecule is O=C(CCN1C(=O)/C(=C\c2ccco2)SC1=S)NCCCn1ccnc1. The number of thiocarbonyl (C=S) groups is 1. The van der Waals surface area contributed by atoms with Crippen LogP contribution in [0, 0.1) is 0 Å². The predicted molar refractivity (Wildman–Crippen MR) is 103 cm³/mol. The highest BCUT2D eigenvalue weighted by molar-refractivity contribution is 8.26. The molecule has 0 aromatic carbocycles. The summed E-state index contributed by atoms with van der Waals surface area (Å²) in [6, 6.07) is 3.52. The zero-order valence-electron chi connectivity index (χ0n) is 14.0. The zero-order valence-corrected chi connectivity index (χ0v) is 15.6. The molecule has 0 radical (unpaired) electrons. The Morgan fingerprint density at radius 1 is 1.42 bits per heavy atom. The summed E-state index contributed by atoms with van der Waals surface area (Å²) in [5, 5.41) is 2.86. The van der Waals surface area contributed by atoms with Gasteiger partial charge >= 0.3 is 0 Å². The van der Waals surface area contributed by atoms with Gasteiger partial charge in [-0.05, 0) is 18.6 Å². The van der Waals surface area contributed by atoms with Crippen LogP contribution in [0.3, 0.4) is 0 Å². The first-order chi connectivity index (χ1) is 12.6. The van der Waals surface area contributed by atoms with E-state index in [2.05, 4.69) is 10.3 Å². The summed E-state index contributed by atoms with van der Waals surface area (Å²) in [7, 11) is 0. The van der Waals surface area contributed by atoms with E-state index < -0.39 is 0 Å². The Balaban J connectivity index is 1.41. The van der Waals surface area contributed by atoms with E-state index in [1.807, 2.05) is 10.8 Å². The summed E-state index contributed by atoms with van der Waals surface area (Å²) in [6.45, 7) is 1.65. The number of aryl methyl sites for hydroxylation is 1. The number of furan rings is 1. The number of aromatic nitrogens is 2. The van der Waals surface area contributed by atoms with Crippen LogP contribution in [0.4, 0.5) is 0 Å². The minimum Gasteiger partial charge on any atom is -0.465 e. The van der Waals surface area contributed by atoms with Crippen LogP contribution in [-0.2, 0) is 16.1 Å². The maximum atomic E-state index is 12.4. The molecule has 9 heteroatoms. The highest BCUT2D eigenvalue weighted by atomic mass is 32.2. The lowest BCUT2D eigenvalue weighted by molar-refractivity contribution is -0.123. The first-order valence-electron chi connectivity index (χ1n) is 8.15. The molecule has 1 aliphatic rings. The molecular formula is C17H18N4O3S2. The molecule has 3 heterocycles. The van der Waals surface area contributed by atoms with Crippen molar-refractivity contribution in [2.24, 2.45) is 0 Å². The molecule has 0 aliphatic carbocycles. The van der Waals surface area contributed by atoms with Crippen LogP contribution in [0.15, 0.2) is 46.4 Å². The lowest BCUT2D eigenvalue weighted by Crippen LogP contribution is -2.34. The first-order valence-corrected chi connectivity index (χ1v) is 9.37. The number of rotatable bonds is 8. The average molecular weight is 390 g/mol. The summed E-state index contributed by atoms with van der Waals surface area (Å²) < 4.78 is 7.64. The van der Waals surface area contributed by atoms with Crippen molar-refractivity contribution in [1.29, 1.82) is 0 Å². The Hall–Kier alpha value is -2.39. The van der Waals surface area contributed by atoms with Crippen LogP contribution in [0.5, 0.6) is 0 Å². The summed E-state index contributed by atoms with van der Waals surface area (Å²) in [5.41, 5.74) is 0. The topological polar surface area (TPSA) is 80.4 Å². The van der Waals surface area contributed by atoms with Gasteiger partial charge in [-0.25, -0.2) is 4.98 Å². The van der Waals surface area contributed by atoms with Gasteiger partial charge in [0, 0.05) is 44.5 Å². The molecule has 0 atom stereocenters. The van der Waals surface area contributed by atoms with E-state index in [0.717, 1.165) is 13.0 Å². The van der Waals surface area contributed by atoms with E-state index in [-0.39, 0.29) is 24.8 Å². The second kappa shape index (κ2) is 8.81. The average Bonchev–Trinajstić information content (AvgIpc) is 3.35. The second-order valence-electron chi connectivity index (χ2n) is 5.60. The van der Waals surface area contributed by atoms with Gasteiger partial charge in [-0.3, -0.25) is 14.5 Å². The number of amides is 2. The van der Waals surface area contributed by atoms with Crippen molar-refractivity contribution in [2.75, 3.05) is 13.1 Å². The fourth-order valence-electron chi connectivity index (χ4n) is 2.41. The summed E-state index contributed by atoms with van der Waals surface area (Å²) in [5.74, 6) is 0.310. The quantitative estimate of drug-likeness (QED) is 0.423. The van der Waals surface area contributed by atoms with Gasteiger partial charge in [-0.15, -0.1) is 0 Å². The fraction of sp³-hybridized carbons (Fsp3) is 0.294. The molecule has 26 heavy (non-hydrogen) atoms. The van der Waals surface area contributed by atoms with Crippen molar-refractivity contribution in [3.8, 4) is 0 Å². The number of imidazole rings is 1. The maximum absolute atomic E-state index is 12.4. The van der Waals surface area contributed by atoms with E-state index in [1.165, 1.54) is 16.7 Å². The number of carbonyl (C=O) groups excluding carboxylic acids is 2.